The Morgan fingerprint density at radius 1 is 1.45 bits per heavy atom. The Kier molecular flexibility index (Phi) is 3.88. The minimum absolute atomic E-state index is 0.0974. The van der Waals surface area contributed by atoms with Crippen molar-refractivity contribution in [2.24, 2.45) is 0 Å². The molecule has 1 aromatic carbocycles. The molecule has 0 aliphatic carbocycles. The summed E-state index contributed by atoms with van der Waals surface area (Å²) < 4.78 is 6.73. The molecule has 7 heteroatoms. The average molecular weight is 275 g/mol. The summed E-state index contributed by atoms with van der Waals surface area (Å²) in [6, 6.07) is 5.05. The zero-order valence-corrected chi connectivity index (χ0v) is 11.7. The molecule has 1 amide bonds. The topological polar surface area (TPSA) is 95.1 Å². The van der Waals surface area contributed by atoms with Crippen LogP contribution in [0.4, 0.5) is 11.4 Å². The molecule has 0 radical (unpaired) electrons. The van der Waals surface area contributed by atoms with Crippen LogP contribution in [0.2, 0.25) is 0 Å². The van der Waals surface area contributed by atoms with Crippen LogP contribution in [0.1, 0.15) is 11.6 Å². The number of aromatic nitrogens is 3. The highest BCUT2D eigenvalue weighted by Crippen LogP contribution is 2.26. The Morgan fingerprint density at radius 2 is 2.20 bits per heavy atom. The SMILES string of the molecule is COc1cc(N)ccc1NC(=O)Cn1nc(C)nc1C. The molecule has 3 N–H and O–H groups in total. The number of methoxy groups -OCH3 is 1. The molecule has 2 rings (SSSR count). The number of amides is 1. The summed E-state index contributed by atoms with van der Waals surface area (Å²) in [5, 5.41) is 6.91. The van der Waals surface area contributed by atoms with Gasteiger partial charge in [0.25, 0.3) is 0 Å². The van der Waals surface area contributed by atoms with Crippen molar-refractivity contribution in [3.8, 4) is 5.75 Å². The number of nitrogens with zero attached hydrogens (tertiary/aromatic N) is 3. The number of nitrogens with two attached hydrogens (primary N) is 1. The lowest BCUT2D eigenvalue weighted by Crippen LogP contribution is -2.20. The van der Waals surface area contributed by atoms with Crippen LogP contribution in [-0.4, -0.2) is 27.8 Å². The monoisotopic (exact) mass is 275 g/mol. The van der Waals surface area contributed by atoms with Gasteiger partial charge in [0.1, 0.15) is 23.9 Å². The van der Waals surface area contributed by atoms with Crippen LogP contribution in [0.25, 0.3) is 0 Å². The maximum Gasteiger partial charge on any atom is 0.246 e. The molecule has 0 saturated carbocycles. The van der Waals surface area contributed by atoms with Crippen LogP contribution in [0.3, 0.4) is 0 Å². The van der Waals surface area contributed by atoms with Gasteiger partial charge in [-0.2, -0.15) is 5.10 Å². The molecule has 1 aromatic heterocycles. The number of anilines is 2. The average Bonchev–Trinajstić information content (AvgIpc) is 2.70. The van der Waals surface area contributed by atoms with E-state index < -0.39 is 0 Å². The van der Waals surface area contributed by atoms with Gasteiger partial charge in [0, 0.05) is 11.8 Å². The van der Waals surface area contributed by atoms with E-state index in [4.69, 9.17) is 10.5 Å². The Hall–Kier alpha value is -2.57. The van der Waals surface area contributed by atoms with E-state index in [-0.39, 0.29) is 12.5 Å². The summed E-state index contributed by atoms with van der Waals surface area (Å²) in [5.41, 5.74) is 6.81. The number of hydrogen-bond acceptors (Lipinski definition) is 5. The fourth-order valence-corrected chi connectivity index (χ4v) is 1.85. The fourth-order valence-electron chi connectivity index (χ4n) is 1.85. The molecule has 0 atom stereocenters. The van der Waals surface area contributed by atoms with Crippen LogP contribution < -0.4 is 15.8 Å². The first kappa shape index (κ1) is 13.9. The minimum atomic E-state index is -0.207. The van der Waals surface area contributed by atoms with Gasteiger partial charge in [-0.25, -0.2) is 9.67 Å². The van der Waals surface area contributed by atoms with Gasteiger partial charge in [-0.3, -0.25) is 4.79 Å². The third-order valence-electron chi connectivity index (χ3n) is 2.76. The Balaban J connectivity index is 2.10. The molecule has 0 unspecified atom stereocenters. The second kappa shape index (κ2) is 5.60. The molecule has 0 saturated heterocycles. The molecule has 0 aliphatic heterocycles. The van der Waals surface area contributed by atoms with Crippen LogP contribution in [0, 0.1) is 13.8 Å². The van der Waals surface area contributed by atoms with Crippen LogP contribution in [0.15, 0.2) is 18.2 Å². The van der Waals surface area contributed by atoms with E-state index in [9.17, 15) is 4.79 Å². The van der Waals surface area contributed by atoms with Gasteiger partial charge in [0.05, 0.1) is 12.8 Å². The van der Waals surface area contributed by atoms with Crippen molar-refractivity contribution in [3.63, 3.8) is 0 Å². The maximum atomic E-state index is 12.0. The molecular formula is C13H17N5O2. The van der Waals surface area contributed by atoms with Crippen molar-refractivity contribution in [2.75, 3.05) is 18.2 Å². The molecule has 20 heavy (non-hydrogen) atoms. The van der Waals surface area contributed by atoms with Gasteiger partial charge < -0.3 is 15.8 Å². The normalized spacial score (nSPS) is 10.3. The Bertz CT molecular complexity index is 636. The Morgan fingerprint density at radius 3 is 2.80 bits per heavy atom. The lowest BCUT2D eigenvalue weighted by molar-refractivity contribution is -0.117. The van der Waals surface area contributed by atoms with Gasteiger partial charge in [0.15, 0.2) is 0 Å². The smallest absolute Gasteiger partial charge is 0.246 e. The number of nitrogens with one attached hydrogen (secondary N) is 1. The second-order valence-corrected chi connectivity index (χ2v) is 4.37. The molecule has 0 bridgehead atoms. The molecule has 2 aromatic rings. The van der Waals surface area contributed by atoms with Crippen LogP contribution in [-0.2, 0) is 11.3 Å². The third-order valence-corrected chi connectivity index (χ3v) is 2.76. The predicted octanol–water partition coefficient (Wildman–Crippen LogP) is 1.12. The summed E-state index contributed by atoms with van der Waals surface area (Å²) >= 11 is 0. The summed E-state index contributed by atoms with van der Waals surface area (Å²) in [5.74, 6) is 1.65. The number of hydrogen-bond donors (Lipinski definition) is 2. The maximum absolute atomic E-state index is 12.0. The van der Waals surface area contributed by atoms with E-state index in [1.165, 1.54) is 7.11 Å². The zero-order chi connectivity index (χ0) is 14.7. The van der Waals surface area contributed by atoms with E-state index in [0.717, 1.165) is 0 Å². The number of ether oxygens (including phenoxy) is 1. The van der Waals surface area contributed by atoms with Crippen molar-refractivity contribution in [1.29, 1.82) is 0 Å². The lowest BCUT2D eigenvalue weighted by atomic mass is 10.2. The van der Waals surface area contributed by atoms with Crippen LogP contribution in [0.5, 0.6) is 5.75 Å². The highest BCUT2D eigenvalue weighted by Gasteiger charge is 2.11. The van der Waals surface area contributed by atoms with Crippen molar-refractivity contribution < 1.29 is 9.53 Å². The number of carbonyl (C=O) groups is 1. The number of aryl methyl sites for hydroxylation is 2. The summed E-state index contributed by atoms with van der Waals surface area (Å²) in [6.45, 7) is 3.68. The number of carbonyl (C=O) groups excluding carboxylic acids is 1. The summed E-state index contributed by atoms with van der Waals surface area (Å²) in [4.78, 5) is 16.2. The van der Waals surface area contributed by atoms with Crippen molar-refractivity contribution in [2.45, 2.75) is 20.4 Å². The highest BCUT2D eigenvalue weighted by molar-refractivity contribution is 5.92. The summed E-state index contributed by atoms with van der Waals surface area (Å²) in [6.07, 6.45) is 0. The largest absolute Gasteiger partial charge is 0.494 e. The number of benzene rings is 1. The second-order valence-electron chi connectivity index (χ2n) is 4.37. The van der Waals surface area contributed by atoms with Gasteiger partial charge in [-0.15, -0.1) is 0 Å². The van der Waals surface area contributed by atoms with Gasteiger partial charge >= 0.3 is 0 Å². The van der Waals surface area contributed by atoms with Gasteiger partial charge in [0.2, 0.25) is 5.91 Å². The van der Waals surface area contributed by atoms with Crippen molar-refractivity contribution in [3.05, 3.63) is 29.8 Å². The molecule has 106 valence electrons. The first-order valence-electron chi connectivity index (χ1n) is 6.11. The van der Waals surface area contributed by atoms with E-state index >= 15 is 0 Å². The summed E-state index contributed by atoms with van der Waals surface area (Å²) in [7, 11) is 1.52. The molecule has 7 nitrogen and oxygen atoms in total. The predicted molar refractivity (Wildman–Crippen MR) is 75.5 cm³/mol. The van der Waals surface area contributed by atoms with Gasteiger partial charge in [-0.1, -0.05) is 0 Å². The van der Waals surface area contributed by atoms with E-state index in [1.807, 2.05) is 0 Å². The van der Waals surface area contributed by atoms with Gasteiger partial charge in [-0.05, 0) is 26.0 Å². The number of rotatable bonds is 4. The first-order chi connectivity index (χ1) is 9.49. The molecule has 0 aliphatic rings. The molecule has 0 fully saturated rings. The van der Waals surface area contributed by atoms with E-state index in [1.54, 1.807) is 36.7 Å². The third kappa shape index (κ3) is 3.05. The molecule has 1 heterocycles. The lowest BCUT2D eigenvalue weighted by Gasteiger charge is -2.11. The van der Waals surface area contributed by atoms with E-state index in [0.29, 0.717) is 28.8 Å². The Labute approximate surface area is 116 Å². The molecular weight excluding hydrogens is 258 g/mol. The molecule has 0 spiro atoms. The minimum Gasteiger partial charge on any atom is -0.494 e. The number of nitrogen functional groups attached to an aromatic ring is 1. The first-order valence-corrected chi connectivity index (χ1v) is 6.11. The highest BCUT2D eigenvalue weighted by atomic mass is 16.5. The fraction of sp³-hybridized carbons (Fsp3) is 0.308. The van der Waals surface area contributed by atoms with E-state index in [2.05, 4.69) is 15.4 Å². The van der Waals surface area contributed by atoms with Crippen molar-refractivity contribution in [1.82, 2.24) is 14.8 Å². The van der Waals surface area contributed by atoms with Crippen LogP contribution >= 0.6 is 0 Å². The standard InChI is InChI=1S/C13H17N5O2/c1-8-15-9(2)18(17-8)7-13(19)16-11-5-4-10(14)6-12(11)20-3/h4-6H,7,14H2,1-3H3,(H,16,19). The van der Waals surface area contributed by atoms with Crippen molar-refractivity contribution >= 4 is 17.3 Å². The zero-order valence-electron chi connectivity index (χ0n) is 11.7. The quantitative estimate of drug-likeness (QED) is 0.815.